The molecule has 2 atom stereocenters. The molecule has 6 rings (SSSR count). The third-order valence-corrected chi connectivity index (χ3v) is 10.2. The van der Waals surface area contributed by atoms with Crippen LogP contribution in [0.5, 0.6) is 0 Å². The van der Waals surface area contributed by atoms with E-state index in [9.17, 15) is 22.0 Å². The maximum atomic E-state index is 15.2. The van der Waals surface area contributed by atoms with Crippen LogP contribution in [0.2, 0.25) is 0 Å². The number of hydrogen-bond acceptors (Lipinski definition) is 5. The van der Waals surface area contributed by atoms with Gasteiger partial charge in [-0.2, -0.15) is 5.10 Å². The first kappa shape index (κ1) is 31.2. The van der Waals surface area contributed by atoms with Gasteiger partial charge in [-0.25, -0.2) is 30.7 Å². The third-order valence-electron chi connectivity index (χ3n) is 9.09. The molecular formula is C33H34F4N4O3S. The Hall–Kier alpha value is -3.77. The van der Waals surface area contributed by atoms with Crippen LogP contribution in [0.4, 0.5) is 17.6 Å². The minimum atomic E-state index is -3.28. The fraction of sp³-hybridized carbons (Fsp3) is 0.394. The number of allylic oxidation sites excluding steroid dienone is 4. The van der Waals surface area contributed by atoms with Crippen molar-refractivity contribution in [2.24, 2.45) is 11.8 Å². The monoisotopic (exact) mass is 642 g/mol. The number of alkyl halides is 2. The van der Waals surface area contributed by atoms with Crippen LogP contribution in [0.3, 0.4) is 0 Å². The zero-order chi connectivity index (χ0) is 31.9. The van der Waals surface area contributed by atoms with Crippen molar-refractivity contribution in [2.45, 2.75) is 42.5 Å². The summed E-state index contributed by atoms with van der Waals surface area (Å²) in [4.78, 5) is 17.6. The van der Waals surface area contributed by atoms with Crippen LogP contribution in [0, 0.1) is 17.7 Å². The zero-order valence-corrected chi connectivity index (χ0v) is 25.6. The molecule has 0 spiro atoms. The Morgan fingerprint density at radius 3 is 2.33 bits per heavy atom. The molecule has 2 saturated heterocycles. The number of amides is 1. The van der Waals surface area contributed by atoms with E-state index in [0.717, 1.165) is 5.56 Å². The predicted molar refractivity (Wildman–Crippen MR) is 161 cm³/mol. The summed E-state index contributed by atoms with van der Waals surface area (Å²) < 4.78 is 83.0. The summed E-state index contributed by atoms with van der Waals surface area (Å²) in [6, 6.07) is 12.6. The van der Waals surface area contributed by atoms with E-state index in [2.05, 4.69) is 10.00 Å². The molecule has 1 aromatic heterocycles. The number of sulfone groups is 1. The summed E-state index contributed by atoms with van der Waals surface area (Å²) in [5.41, 5.74) is 2.39. The highest BCUT2D eigenvalue weighted by molar-refractivity contribution is 7.90. The lowest BCUT2D eigenvalue weighted by molar-refractivity contribution is -0.0391. The van der Waals surface area contributed by atoms with E-state index in [1.54, 1.807) is 41.1 Å². The van der Waals surface area contributed by atoms with Crippen LogP contribution in [0.1, 0.15) is 46.8 Å². The summed E-state index contributed by atoms with van der Waals surface area (Å²) in [6.45, 7) is 1.10. The Morgan fingerprint density at radius 2 is 1.71 bits per heavy atom. The highest BCUT2D eigenvalue weighted by atomic mass is 32.2. The Balaban J connectivity index is 1.22. The molecule has 3 aliphatic rings. The van der Waals surface area contributed by atoms with Crippen molar-refractivity contribution in [3.05, 3.63) is 101 Å². The van der Waals surface area contributed by atoms with Crippen molar-refractivity contribution in [1.29, 1.82) is 0 Å². The smallest absolute Gasteiger partial charge is 0.270 e. The van der Waals surface area contributed by atoms with Gasteiger partial charge >= 0.3 is 0 Å². The average molecular weight is 643 g/mol. The van der Waals surface area contributed by atoms with E-state index in [-0.39, 0.29) is 29.3 Å². The molecule has 238 valence electrons. The highest BCUT2D eigenvalue weighted by Gasteiger charge is 2.52. The van der Waals surface area contributed by atoms with E-state index in [1.807, 2.05) is 0 Å². The van der Waals surface area contributed by atoms with E-state index in [4.69, 9.17) is 0 Å². The van der Waals surface area contributed by atoms with Crippen molar-refractivity contribution in [3.63, 3.8) is 0 Å². The van der Waals surface area contributed by atoms with Crippen LogP contribution in [-0.4, -0.2) is 72.3 Å². The molecule has 3 heterocycles. The van der Waals surface area contributed by atoms with Gasteiger partial charge in [-0.15, -0.1) is 0 Å². The van der Waals surface area contributed by atoms with Gasteiger partial charge in [0.1, 0.15) is 11.6 Å². The average Bonchev–Trinajstić information content (AvgIpc) is 3.59. The SMILES string of the molecule is CS(=O)(=O)c1ccc(CN2CCC(c3c(C(=O)N4C[C@@H](C5C=CC(F)=CC5)C(F)(F)C4)cnn3-c3ccc(F)cc3)CC2)cc1. The fourth-order valence-electron chi connectivity index (χ4n) is 6.66. The molecule has 0 N–H and O–H groups in total. The van der Waals surface area contributed by atoms with Gasteiger partial charge in [-0.1, -0.05) is 18.2 Å². The Kier molecular flexibility index (Phi) is 8.47. The van der Waals surface area contributed by atoms with Crippen LogP contribution in [0.25, 0.3) is 5.69 Å². The number of piperidine rings is 1. The Morgan fingerprint density at radius 1 is 1.02 bits per heavy atom. The van der Waals surface area contributed by atoms with Crippen molar-refractivity contribution in [2.75, 3.05) is 32.4 Å². The number of halogens is 4. The fourth-order valence-corrected chi connectivity index (χ4v) is 7.29. The van der Waals surface area contributed by atoms with Gasteiger partial charge in [0.25, 0.3) is 11.8 Å². The van der Waals surface area contributed by atoms with E-state index >= 15 is 8.78 Å². The lowest BCUT2D eigenvalue weighted by Crippen LogP contribution is -2.35. The molecular weight excluding hydrogens is 608 g/mol. The molecule has 0 radical (unpaired) electrons. The first-order valence-electron chi connectivity index (χ1n) is 15.0. The summed E-state index contributed by atoms with van der Waals surface area (Å²) in [6.07, 6.45) is 8.04. The minimum Gasteiger partial charge on any atom is -0.332 e. The van der Waals surface area contributed by atoms with Crippen LogP contribution in [-0.2, 0) is 16.4 Å². The molecule has 1 amide bonds. The number of benzene rings is 2. The lowest BCUT2D eigenvalue weighted by atomic mass is 9.84. The van der Waals surface area contributed by atoms with E-state index in [0.29, 0.717) is 43.9 Å². The largest absolute Gasteiger partial charge is 0.332 e. The topological polar surface area (TPSA) is 75.5 Å². The molecule has 1 aliphatic carbocycles. The standard InChI is InChI=1S/C33H34F4N4O3S/c1-45(43,44)28-12-2-22(3-13-28)19-39-16-14-24(15-17-39)31-29(18-38-41(31)27-10-8-26(35)9-11-27)32(42)40-20-30(33(36,37)21-40)23-4-6-25(34)7-5-23/h2-4,6-13,18,23-24,30H,5,14-17,19-21H2,1H3/t23?,30-/m0/s1. The van der Waals surface area contributed by atoms with Gasteiger partial charge in [-0.3, -0.25) is 9.69 Å². The van der Waals surface area contributed by atoms with Crippen LogP contribution < -0.4 is 0 Å². The van der Waals surface area contributed by atoms with Gasteiger partial charge in [0.2, 0.25) is 0 Å². The number of rotatable bonds is 7. The first-order chi connectivity index (χ1) is 21.4. The maximum absolute atomic E-state index is 15.2. The number of carbonyl (C=O) groups is 1. The predicted octanol–water partition coefficient (Wildman–Crippen LogP) is 5.93. The second-order valence-electron chi connectivity index (χ2n) is 12.2. The lowest BCUT2D eigenvalue weighted by Gasteiger charge is -2.33. The molecule has 0 bridgehead atoms. The van der Waals surface area contributed by atoms with Gasteiger partial charge in [0, 0.05) is 31.2 Å². The van der Waals surface area contributed by atoms with Crippen molar-refractivity contribution < 1.29 is 30.8 Å². The first-order valence-corrected chi connectivity index (χ1v) is 16.8. The molecule has 45 heavy (non-hydrogen) atoms. The number of carbonyl (C=O) groups excluding carboxylic acids is 1. The van der Waals surface area contributed by atoms with Gasteiger partial charge < -0.3 is 4.90 Å². The second kappa shape index (κ2) is 12.2. The minimum absolute atomic E-state index is 0.117. The second-order valence-corrected chi connectivity index (χ2v) is 14.2. The van der Waals surface area contributed by atoms with Gasteiger partial charge in [-0.05, 0) is 92.4 Å². The molecule has 2 aromatic carbocycles. The Bertz CT molecular complexity index is 1730. The summed E-state index contributed by atoms with van der Waals surface area (Å²) in [5, 5.41) is 4.49. The van der Waals surface area contributed by atoms with Crippen molar-refractivity contribution >= 4 is 15.7 Å². The molecule has 7 nitrogen and oxygen atoms in total. The van der Waals surface area contributed by atoms with Crippen molar-refractivity contribution in [1.82, 2.24) is 19.6 Å². The normalized spacial score (nSPS) is 22.5. The van der Waals surface area contributed by atoms with Gasteiger partial charge in [0.05, 0.1) is 34.6 Å². The molecule has 12 heteroatoms. The van der Waals surface area contributed by atoms with Gasteiger partial charge in [0.15, 0.2) is 9.84 Å². The third kappa shape index (κ3) is 6.62. The summed E-state index contributed by atoms with van der Waals surface area (Å²) >= 11 is 0. The highest BCUT2D eigenvalue weighted by Crippen LogP contribution is 2.42. The van der Waals surface area contributed by atoms with Crippen LogP contribution in [0.15, 0.2) is 83.7 Å². The van der Waals surface area contributed by atoms with Crippen molar-refractivity contribution in [3.8, 4) is 5.69 Å². The maximum Gasteiger partial charge on any atom is 0.270 e. The molecule has 3 aromatic rings. The molecule has 2 aliphatic heterocycles. The number of hydrogen-bond donors (Lipinski definition) is 0. The summed E-state index contributed by atoms with van der Waals surface area (Å²) in [7, 11) is -3.28. The van der Waals surface area contributed by atoms with E-state index in [1.165, 1.54) is 47.7 Å². The van der Waals surface area contributed by atoms with Crippen LogP contribution >= 0.6 is 0 Å². The Labute approximate surface area is 259 Å². The molecule has 2 fully saturated rings. The quantitative estimate of drug-likeness (QED) is 0.299. The number of aromatic nitrogens is 2. The summed E-state index contributed by atoms with van der Waals surface area (Å²) in [5.74, 6) is -6.36. The molecule has 1 unspecified atom stereocenters. The van der Waals surface area contributed by atoms with E-state index < -0.39 is 51.7 Å². The zero-order valence-electron chi connectivity index (χ0n) is 24.8. The number of likely N-dealkylation sites (tertiary alicyclic amines) is 2. The number of nitrogens with zero attached hydrogens (tertiary/aromatic N) is 4. The molecule has 0 saturated carbocycles.